The van der Waals surface area contributed by atoms with Crippen LogP contribution in [0.3, 0.4) is 0 Å². The number of carbonyl (C=O) groups is 1. The van der Waals surface area contributed by atoms with Gasteiger partial charge in [0.1, 0.15) is 0 Å². The second-order valence-electron chi connectivity index (χ2n) is 8.97. The summed E-state index contributed by atoms with van der Waals surface area (Å²) in [6.07, 6.45) is 4.32. The number of methoxy groups -OCH3 is 1. The molecule has 0 saturated heterocycles. The van der Waals surface area contributed by atoms with Crippen molar-refractivity contribution in [2.75, 3.05) is 13.7 Å². The number of nitrogens with one attached hydrogen (secondary N) is 1. The number of unbranched alkanes of at least 4 members (excludes halogenated alkanes) is 5. The second-order valence-corrected chi connectivity index (χ2v) is 8.97. The molecule has 2 aromatic carbocycles. The summed E-state index contributed by atoms with van der Waals surface area (Å²) in [7, 11) is 0.862. The van der Waals surface area contributed by atoms with Crippen molar-refractivity contribution in [3.8, 4) is 0 Å². The zero-order valence-electron chi connectivity index (χ0n) is 20.7. The SMILES string of the molecule is CCCCCCCCc1ccc(CCC(CO)NC(=O)[C@@](OC)(c2ccccc2)C(F)(F)F)cc1. The fourth-order valence-electron chi connectivity index (χ4n) is 4.24. The van der Waals surface area contributed by atoms with E-state index in [4.69, 9.17) is 4.74 Å². The fourth-order valence-corrected chi connectivity index (χ4v) is 4.24. The van der Waals surface area contributed by atoms with Crippen molar-refractivity contribution < 1.29 is 27.8 Å². The number of aliphatic hydroxyl groups is 1. The Labute approximate surface area is 206 Å². The monoisotopic (exact) mass is 493 g/mol. The maximum Gasteiger partial charge on any atom is 0.430 e. The molecule has 2 N–H and O–H groups in total. The van der Waals surface area contributed by atoms with Crippen LogP contribution in [0.25, 0.3) is 0 Å². The van der Waals surface area contributed by atoms with Crippen LogP contribution < -0.4 is 5.32 Å². The van der Waals surface area contributed by atoms with E-state index in [0.29, 0.717) is 12.8 Å². The van der Waals surface area contributed by atoms with Gasteiger partial charge in [-0.25, -0.2) is 0 Å². The minimum atomic E-state index is -4.99. The third-order valence-electron chi connectivity index (χ3n) is 6.38. The molecule has 0 spiro atoms. The van der Waals surface area contributed by atoms with Crippen LogP contribution in [0.15, 0.2) is 54.6 Å². The van der Waals surface area contributed by atoms with Crippen molar-refractivity contribution in [3.63, 3.8) is 0 Å². The van der Waals surface area contributed by atoms with Gasteiger partial charge in [-0.15, -0.1) is 0 Å². The number of aliphatic hydroxyl groups excluding tert-OH is 1. The van der Waals surface area contributed by atoms with E-state index >= 15 is 0 Å². The molecule has 0 aliphatic carbocycles. The number of hydrogen-bond acceptors (Lipinski definition) is 3. The van der Waals surface area contributed by atoms with Crippen LogP contribution >= 0.6 is 0 Å². The van der Waals surface area contributed by atoms with Gasteiger partial charge < -0.3 is 15.2 Å². The number of amides is 1. The second kappa shape index (κ2) is 14.2. The minimum Gasteiger partial charge on any atom is -0.394 e. The first-order valence-electron chi connectivity index (χ1n) is 12.5. The predicted molar refractivity (Wildman–Crippen MR) is 132 cm³/mol. The quantitative estimate of drug-likeness (QED) is 0.295. The first-order valence-corrected chi connectivity index (χ1v) is 12.5. The molecule has 194 valence electrons. The molecule has 0 saturated carbocycles. The van der Waals surface area contributed by atoms with Gasteiger partial charge in [-0.3, -0.25) is 4.79 Å². The Morgan fingerprint density at radius 3 is 2.03 bits per heavy atom. The van der Waals surface area contributed by atoms with E-state index in [2.05, 4.69) is 24.4 Å². The third-order valence-corrected chi connectivity index (χ3v) is 6.38. The Balaban J connectivity index is 1.95. The summed E-state index contributed by atoms with van der Waals surface area (Å²) in [6, 6.07) is 14.1. The van der Waals surface area contributed by atoms with Crippen LogP contribution in [0.4, 0.5) is 13.2 Å². The number of rotatable bonds is 15. The summed E-state index contributed by atoms with van der Waals surface area (Å²) in [4.78, 5) is 12.9. The van der Waals surface area contributed by atoms with Crippen molar-refractivity contribution >= 4 is 5.91 Å². The van der Waals surface area contributed by atoms with E-state index in [1.54, 1.807) is 6.07 Å². The van der Waals surface area contributed by atoms with Gasteiger partial charge in [-0.05, 0) is 36.8 Å². The van der Waals surface area contributed by atoms with Crippen LogP contribution in [0.1, 0.15) is 68.6 Å². The van der Waals surface area contributed by atoms with Crippen molar-refractivity contribution in [3.05, 3.63) is 71.3 Å². The van der Waals surface area contributed by atoms with Crippen LogP contribution in [-0.2, 0) is 28.0 Å². The minimum absolute atomic E-state index is 0.297. The van der Waals surface area contributed by atoms with Crippen LogP contribution in [0, 0.1) is 0 Å². The van der Waals surface area contributed by atoms with E-state index in [1.165, 1.54) is 61.9 Å². The number of alkyl halides is 3. The molecule has 7 heteroatoms. The Morgan fingerprint density at radius 1 is 0.914 bits per heavy atom. The summed E-state index contributed by atoms with van der Waals surface area (Å²) >= 11 is 0. The van der Waals surface area contributed by atoms with Crippen molar-refractivity contribution in [1.29, 1.82) is 0 Å². The average Bonchev–Trinajstić information content (AvgIpc) is 2.85. The summed E-state index contributed by atoms with van der Waals surface area (Å²) in [5.41, 5.74) is -1.21. The van der Waals surface area contributed by atoms with Gasteiger partial charge in [-0.2, -0.15) is 13.2 Å². The van der Waals surface area contributed by atoms with Crippen molar-refractivity contribution in [2.45, 2.75) is 82.5 Å². The lowest BCUT2D eigenvalue weighted by Gasteiger charge is -2.34. The van der Waals surface area contributed by atoms with E-state index in [0.717, 1.165) is 25.5 Å². The number of hydrogen-bond donors (Lipinski definition) is 2. The number of carbonyl (C=O) groups excluding carboxylic acids is 1. The Morgan fingerprint density at radius 2 is 1.49 bits per heavy atom. The molecule has 0 heterocycles. The van der Waals surface area contributed by atoms with Gasteiger partial charge >= 0.3 is 6.18 Å². The zero-order valence-corrected chi connectivity index (χ0v) is 20.7. The van der Waals surface area contributed by atoms with Crippen LogP contribution in [-0.4, -0.2) is 36.9 Å². The van der Waals surface area contributed by atoms with Gasteiger partial charge in [0.2, 0.25) is 0 Å². The summed E-state index contributed by atoms with van der Waals surface area (Å²) in [5, 5.41) is 12.1. The van der Waals surface area contributed by atoms with Gasteiger partial charge in [0.25, 0.3) is 11.5 Å². The molecule has 0 aliphatic heterocycles. The van der Waals surface area contributed by atoms with Crippen LogP contribution in [0.5, 0.6) is 0 Å². The normalized spacial score (nSPS) is 14.3. The van der Waals surface area contributed by atoms with Gasteiger partial charge in [0, 0.05) is 12.7 Å². The summed E-state index contributed by atoms with van der Waals surface area (Å²) in [5.74, 6) is -1.34. The van der Waals surface area contributed by atoms with Crippen molar-refractivity contribution in [1.82, 2.24) is 5.32 Å². The first kappa shape index (κ1) is 28.9. The van der Waals surface area contributed by atoms with E-state index < -0.39 is 30.3 Å². The predicted octanol–water partition coefficient (Wildman–Crippen LogP) is 6.10. The average molecular weight is 494 g/mol. The number of halogens is 3. The molecular weight excluding hydrogens is 455 g/mol. The molecule has 0 aliphatic rings. The fraction of sp³-hybridized carbons (Fsp3) is 0.536. The highest BCUT2D eigenvalue weighted by atomic mass is 19.4. The van der Waals surface area contributed by atoms with E-state index in [-0.39, 0.29) is 5.56 Å². The molecule has 1 unspecified atom stereocenters. The topological polar surface area (TPSA) is 58.6 Å². The zero-order chi connectivity index (χ0) is 25.7. The molecule has 0 aromatic heterocycles. The molecule has 2 rings (SSSR count). The maximum absolute atomic E-state index is 14.1. The number of benzene rings is 2. The lowest BCUT2D eigenvalue weighted by atomic mass is 9.91. The highest BCUT2D eigenvalue weighted by Gasteiger charge is 2.62. The Hall–Kier alpha value is -2.38. The Kier molecular flexibility index (Phi) is 11.7. The van der Waals surface area contributed by atoms with Gasteiger partial charge in [0.05, 0.1) is 12.6 Å². The van der Waals surface area contributed by atoms with Gasteiger partial charge in [0.15, 0.2) is 0 Å². The molecule has 2 atom stereocenters. The maximum atomic E-state index is 14.1. The molecule has 4 nitrogen and oxygen atoms in total. The summed E-state index contributed by atoms with van der Waals surface area (Å²) in [6.45, 7) is 1.73. The number of aryl methyl sites for hydroxylation is 2. The van der Waals surface area contributed by atoms with E-state index in [9.17, 15) is 23.1 Å². The molecule has 1 amide bonds. The molecule has 2 aromatic rings. The van der Waals surface area contributed by atoms with Crippen LogP contribution in [0.2, 0.25) is 0 Å². The Bertz CT molecular complexity index is 871. The van der Waals surface area contributed by atoms with Crippen molar-refractivity contribution in [2.24, 2.45) is 0 Å². The summed E-state index contributed by atoms with van der Waals surface area (Å²) < 4.78 is 47.0. The highest BCUT2D eigenvalue weighted by Crippen LogP contribution is 2.42. The largest absolute Gasteiger partial charge is 0.430 e. The molecule has 0 fully saturated rings. The third kappa shape index (κ3) is 8.07. The molecule has 0 bridgehead atoms. The van der Waals surface area contributed by atoms with Gasteiger partial charge in [-0.1, -0.05) is 93.6 Å². The lowest BCUT2D eigenvalue weighted by molar-refractivity contribution is -0.266. The van der Waals surface area contributed by atoms with E-state index in [1.807, 2.05) is 12.1 Å². The molecular formula is C28H38F3NO3. The first-order chi connectivity index (χ1) is 16.8. The standard InChI is InChI=1S/C28H38F3NO3/c1-3-4-5-6-7-9-12-22-15-17-23(18-16-22)19-20-25(21-33)32-26(34)27(35-2,28(29,30)31)24-13-10-8-11-14-24/h8,10-11,13-18,25,33H,3-7,9,12,19-21H2,1-2H3,(H,32,34)/t25?,27-/m0/s1. The smallest absolute Gasteiger partial charge is 0.394 e. The molecule has 0 radical (unpaired) electrons. The highest BCUT2D eigenvalue weighted by molar-refractivity contribution is 5.88. The molecule has 35 heavy (non-hydrogen) atoms. The lowest BCUT2D eigenvalue weighted by Crippen LogP contribution is -2.58. The number of ether oxygens (including phenoxy) is 1.